The van der Waals surface area contributed by atoms with E-state index in [1.54, 1.807) is 42.5 Å². The number of benzene rings is 3. The number of nitrogens with zero attached hydrogens (tertiary/aromatic N) is 1. The predicted octanol–water partition coefficient (Wildman–Crippen LogP) is 4.57. The molecule has 28 heavy (non-hydrogen) atoms. The molecule has 3 aromatic rings. The van der Waals surface area contributed by atoms with Crippen LogP contribution in [0, 0.1) is 6.92 Å². The van der Waals surface area contributed by atoms with Gasteiger partial charge in [0.2, 0.25) is 5.91 Å². The Labute approximate surface area is 172 Å². The lowest BCUT2D eigenvalue weighted by Gasteiger charge is -2.31. The predicted molar refractivity (Wildman–Crippen MR) is 114 cm³/mol. The second-order valence-electron chi connectivity index (χ2n) is 6.53. The molecule has 1 heterocycles. The summed E-state index contributed by atoms with van der Waals surface area (Å²) in [6.07, 6.45) is 0. The molecule has 0 unspecified atom stereocenters. The van der Waals surface area contributed by atoms with E-state index in [0.29, 0.717) is 16.9 Å². The molecule has 1 N–H and O–H groups in total. The SMILES string of the molecule is Cc1ccccc1NC(=O)CN1c2ccc(Br)cc2-c2ccccc2S1(=O)=O. The van der Waals surface area contributed by atoms with Gasteiger partial charge in [-0.15, -0.1) is 0 Å². The minimum absolute atomic E-state index is 0.198. The summed E-state index contributed by atoms with van der Waals surface area (Å²) in [6.45, 7) is 1.58. The fourth-order valence-electron chi connectivity index (χ4n) is 3.31. The first-order valence-electron chi connectivity index (χ1n) is 8.65. The van der Waals surface area contributed by atoms with Gasteiger partial charge >= 0.3 is 0 Å². The Morgan fingerprint density at radius 2 is 1.71 bits per heavy atom. The van der Waals surface area contributed by atoms with Crippen LogP contribution in [0.4, 0.5) is 11.4 Å². The highest BCUT2D eigenvalue weighted by molar-refractivity contribution is 9.10. The number of fused-ring (bicyclic) bond motifs is 3. The van der Waals surface area contributed by atoms with Gasteiger partial charge in [0.15, 0.2) is 0 Å². The van der Waals surface area contributed by atoms with Gasteiger partial charge in [-0.3, -0.25) is 9.10 Å². The average molecular weight is 457 g/mol. The number of hydrogen-bond acceptors (Lipinski definition) is 3. The van der Waals surface area contributed by atoms with Crippen molar-refractivity contribution in [3.8, 4) is 11.1 Å². The molecule has 0 aliphatic carbocycles. The van der Waals surface area contributed by atoms with Crippen molar-refractivity contribution in [3.63, 3.8) is 0 Å². The Kier molecular flexibility index (Phi) is 4.72. The molecule has 7 heteroatoms. The van der Waals surface area contributed by atoms with Gasteiger partial charge in [0.05, 0.1) is 10.6 Å². The minimum Gasteiger partial charge on any atom is -0.324 e. The molecule has 0 saturated carbocycles. The van der Waals surface area contributed by atoms with E-state index in [0.717, 1.165) is 15.6 Å². The van der Waals surface area contributed by atoms with Gasteiger partial charge in [-0.05, 0) is 42.8 Å². The third-order valence-corrected chi connectivity index (χ3v) is 6.99. The minimum atomic E-state index is -3.85. The first-order chi connectivity index (χ1) is 13.4. The number of nitrogens with one attached hydrogen (secondary N) is 1. The lowest BCUT2D eigenvalue weighted by molar-refractivity contribution is -0.114. The summed E-state index contributed by atoms with van der Waals surface area (Å²) < 4.78 is 28.5. The molecule has 0 aromatic heterocycles. The summed E-state index contributed by atoms with van der Waals surface area (Å²) >= 11 is 3.45. The highest BCUT2D eigenvalue weighted by Crippen LogP contribution is 2.43. The second kappa shape index (κ2) is 7.07. The van der Waals surface area contributed by atoms with Crippen LogP contribution in [0.5, 0.6) is 0 Å². The highest BCUT2D eigenvalue weighted by Gasteiger charge is 2.35. The molecule has 5 nitrogen and oxygen atoms in total. The molecule has 1 aliphatic heterocycles. The molecule has 0 atom stereocenters. The Balaban J connectivity index is 1.75. The van der Waals surface area contributed by atoms with E-state index in [1.807, 2.05) is 31.2 Å². The van der Waals surface area contributed by atoms with Gasteiger partial charge in [-0.2, -0.15) is 0 Å². The van der Waals surface area contributed by atoms with Crippen LogP contribution < -0.4 is 9.62 Å². The quantitative estimate of drug-likeness (QED) is 0.627. The van der Waals surface area contributed by atoms with Crippen molar-refractivity contribution >= 4 is 43.2 Å². The molecular weight excluding hydrogens is 440 g/mol. The van der Waals surface area contributed by atoms with Crippen LogP contribution in [0.25, 0.3) is 11.1 Å². The van der Waals surface area contributed by atoms with Crippen LogP contribution in [0.1, 0.15) is 5.56 Å². The Morgan fingerprint density at radius 3 is 2.50 bits per heavy atom. The van der Waals surface area contributed by atoms with Crippen LogP contribution in [-0.4, -0.2) is 20.9 Å². The number of rotatable bonds is 3. The monoisotopic (exact) mass is 456 g/mol. The molecule has 0 spiro atoms. The van der Waals surface area contributed by atoms with Gasteiger partial charge in [-0.25, -0.2) is 8.42 Å². The summed E-state index contributed by atoms with van der Waals surface area (Å²) in [7, 11) is -3.85. The van der Waals surface area contributed by atoms with Crippen molar-refractivity contribution < 1.29 is 13.2 Å². The highest BCUT2D eigenvalue weighted by atomic mass is 79.9. The molecule has 1 amide bonds. The topological polar surface area (TPSA) is 66.5 Å². The Bertz CT molecular complexity index is 1190. The van der Waals surface area contributed by atoms with Gasteiger partial charge in [0, 0.05) is 21.3 Å². The van der Waals surface area contributed by atoms with E-state index in [-0.39, 0.29) is 11.4 Å². The van der Waals surface area contributed by atoms with Gasteiger partial charge < -0.3 is 5.32 Å². The summed E-state index contributed by atoms with van der Waals surface area (Å²) in [6, 6.07) is 19.6. The lowest BCUT2D eigenvalue weighted by Crippen LogP contribution is -2.40. The van der Waals surface area contributed by atoms with Gasteiger partial charge in [0.1, 0.15) is 6.54 Å². The third-order valence-electron chi connectivity index (χ3n) is 4.68. The number of anilines is 2. The van der Waals surface area contributed by atoms with E-state index in [1.165, 1.54) is 4.31 Å². The van der Waals surface area contributed by atoms with Crippen molar-refractivity contribution in [2.24, 2.45) is 0 Å². The summed E-state index contributed by atoms with van der Waals surface area (Å²) in [4.78, 5) is 12.9. The molecule has 3 aromatic carbocycles. The molecule has 4 rings (SSSR count). The number of hydrogen-bond donors (Lipinski definition) is 1. The Hall–Kier alpha value is -2.64. The third kappa shape index (κ3) is 3.21. The number of carbonyl (C=O) groups is 1. The second-order valence-corrected chi connectivity index (χ2v) is 9.28. The first kappa shape index (κ1) is 18.7. The van der Waals surface area contributed by atoms with Crippen molar-refractivity contribution in [2.45, 2.75) is 11.8 Å². The summed E-state index contributed by atoms with van der Waals surface area (Å²) in [5, 5.41) is 2.81. The molecule has 0 saturated heterocycles. The van der Waals surface area contributed by atoms with Crippen LogP contribution in [-0.2, 0) is 14.8 Å². The summed E-state index contributed by atoms with van der Waals surface area (Å²) in [5.74, 6) is -0.397. The van der Waals surface area contributed by atoms with E-state index in [4.69, 9.17) is 0 Å². The van der Waals surface area contributed by atoms with Crippen molar-refractivity contribution in [1.82, 2.24) is 0 Å². The van der Waals surface area contributed by atoms with Gasteiger partial charge in [-0.1, -0.05) is 52.3 Å². The van der Waals surface area contributed by atoms with E-state index >= 15 is 0 Å². The van der Waals surface area contributed by atoms with E-state index < -0.39 is 15.9 Å². The zero-order valence-corrected chi connectivity index (χ0v) is 17.4. The number of amides is 1. The number of carbonyl (C=O) groups excluding carboxylic acids is 1. The molecular formula is C21H17BrN2O3S. The standard InChI is InChI=1S/C21H17BrN2O3S/c1-14-6-2-4-8-18(14)23-21(25)13-24-19-11-10-15(22)12-17(19)16-7-3-5-9-20(16)28(24,26)27/h2-12H,13H2,1H3,(H,23,25). The van der Waals surface area contributed by atoms with Gasteiger partial charge in [0.25, 0.3) is 10.0 Å². The molecule has 0 bridgehead atoms. The number of aryl methyl sites for hydroxylation is 1. The van der Waals surface area contributed by atoms with Crippen LogP contribution >= 0.6 is 15.9 Å². The molecule has 0 fully saturated rings. The maximum absolute atomic E-state index is 13.2. The number of sulfonamides is 1. The Morgan fingerprint density at radius 1 is 1.00 bits per heavy atom. The zero-order chi connectivity index (χ0) is 19.9. The fraction of sp³-hybridized carbons (Fsp3) is 0.0952. The van der Waals surface area contributed by atoms with E-state index in [9.17, 15) is 13.2 Å². The van der Waals surface area contributed by atoms with Crippen molar-refractivity contribution in [2.75, 3.05) is 16.2 Å². The lowest BCUT2D eigenvalue weighted by atomic mass is 10.0. The molecule has 142 valence electrons. The van der Waals surface area contributed by atoms with E-state index in [2.05, 4.69) is 21.2 Å². The smallest absolute Gasteiger partial charge is 0.265 e. The maximum atomic E-state index is 13.2. The van der Waals surface area contributed by atoms with Crippen LogP contribution in [0.3, 0.4) is 0 Å². The fourth-order valence-corrected chi connectivity index (χ4v) is 5.32. The van der Waals surface area contributed by atoms with Crippen LogP contribution in [0.2, 0.25) is 0 Å². The van der Waals surface area contributed by atoms with Crippen molar-refractivity contribution in [1.29, 1.82) is 0 Å². The molecule has 1 aliphatic rings. The largest absolute Gasteiger partial charge is 0.324 e. The molecule has 0 radical (unpaired) electrons. The number of para-hydroxylation sites is 1. The first-order valence-corrected chi connectivity index (χ1v) is 10.9. The summed E-state index contributed by atoms with van der Waals surface area (Å²) in [5.41, 5.74) is 3.46. The number of halogens is 1. The maximum Gasteiger partial charge on any atom is 0.265 e. The average Bonchev–Trinajstić information content (AvgIpc) is 2.67. The zero-order valence-electron chi connectivity index (χ0n) is 15.0. The van der Waals surface area contributed by atoms with Crippen molar-refractivity contribution in [3.05, 3.63) is 76.8 Å². The normalized spacial score (nSPS) is 14.1. The van der Waals surface area contributed by atoms with Crippen LogP contribution in [0.15, 0.2) is 76.1 Å².